The van der Waals surface area contributed by atoms with Crippen LogP contribution in [0.4, 0.5) is 10.5 Å². The van der Waals surface area contributed by atoms with E-state index in [4.69, 9.17) is 16.3 Å². The van der Waals surface area contributed by atoms with E-state index in [0.717, 1.165) is 21.7 Å². The van der Waals surface area contributed by atoms with Gasteiger partial charge in [0.25, 0.3) is 0 Å². The van der Waals surface area contributed by atoms with Crippen molar-refractivity contribution in [2.45, 2.75) is 33.3 Å². The summed E-state index contributed by atoms with van der Waals surface area (Å²) in [6.45, 7) is 7.50. The predicted octanol–water partition coefficient (Wildman–Crippen LogP) is 5.72. The highest BCUT2D eigenvalue weighted by molar-refractivity contribution is 7.14. The lowest BCUT2D eigenvalue weighted by Gasteiger charge is -2.19. The summed E-state index contributed by atoms with van der Waals surface area (Å²) in [5, 5.41) is 5.42. The van der Waals surface area contributed by atoms with Crippen molar-refractivity contribution >= 4 is 34.7 Å². The zero-order chi connectivity index (χ0) is 15.6. The number of halogens is 1. The molecule has 0 fully saturated rings. The molecule has 0 aliphatic carbocycles. The molecule has 2 rings (SSSR count). The molecule has 0 aliphatic rings. The van der Waals surface area contributed by atoms with Gasteiger partial charge in [-0.3, -0.25) is 5.32 Å². The summed E-state index contributed by atoms with van der Waals surface area (Å²) >= 11 is 7.49. The number of ether oxygens (including phenoxy) is 1. The van der Waals surface area contributed by atoms with E-state index in [-0.39, 0.29) is 0 Å². The smallest absolute Gasteiger partial charge is 0.412 e. The second kappa shape index (κ2) is 6.08. The van der Waals surface area contributed by atoms with Crippen molar-refractivity contribution in [1.82, 2.24) is 0 Å². The van der Waals surface area contributed by atoms with Gasteiger partial charge in [0, 0.05) is 15.3 Å². The minimum Gasteiger partial charge on any atom is -0.444 e. The Bertz CT molecular complexity index is 641. The van der Waals surface area contributed by atoms with E-state index in [2.05, 4.69) is 5.32 Å². The van der Waals surface area contributed by atoms with Crippen molar-refractivity contribution in [2.24, 2.45) is 0 Å². The van der Waals surface area contributed by atoms with E-state index in [1.54, 1.807) is 11.3 Å². The number of carbonyl (C=O) groups excluding carboxylic acids is 1. The van der Waals surface area contributed by atoms with Gasteiger partial charge < -0.3 is 4.74 Å². The highest BCUT2D eigenvalue weighted by Gasteiger charge is 2.18. The summed E-state index contributed by atoms with van der Waals surface area (Å²) in [7, 11) is 0. The first kappa shape index (κ1) is 15.9. The van der Waals surface area contributed by atoms with Gasteiger partial charge in [-0.25, -0.2) is 4.79 Å². The molecule has 21 heavy (non-hydrogen) atoms. The van der Waals surface area contributed by atoms with Crippen molar-refractivity contribution in [1.29, 1.82) is 0 Å². The monoisotopic (exact) mass is 323 g/mol. The molecular formula is C16H18ClNO2S. The van der Waals surface area contributed by atoms with Crippen molar-refractivity contribution in [2.75, 3.05) is 5.32 Å². The Kier molecular flexibility index (Phi) is 4.59. The van der Waals surface area contributed by atoms with Crippen LogP contribution >= 0.6 is 22.9 Å². The van der Waals surface area contributed by atoms with Gasteiger partial charge in [0.1, 0.15) is 5.60 Å². The van der Waals surface area contributed by atoms with Crippen LogP contribution in [0.5, 0.6) is 0 Å². The second-order valence-electron chi connectivity index (χ2n) is 5.74. The van der Waals surface area contributed by atoms with Gasteiger partial charge in [-0.2, -0.15) is 0 Å². The van der Waals surface area contributed by atoms with Crippen LogP contribution in [0.2, 0.25) is 5.02 Å². The number of nitrogens with one attached hydrogen (secondary N) is 1. The summed E-state index contributed by atoms with van der Waals surface area (Å²) in [6, 6.07) is 7.66. The van der Waals surface area contributed by atoms with Gasteiger partial charge in [-0.1, -0.05) is 23.7 Å². The minimum absolute atomic E-state index is 0.439. The zero-order valence-electron chi connectivity index (χ0n) is 12.5. The zero-order valence-corrected chi connectivity index (χ0v) is 14.1. The quantitative estimate of drug-likeness (QED) is 0.767. The highest BCUT2D eigenvalue weighted by atomic mass is 35.5. The van der Waals surface area contributed by atoms with Gasteiger partial charge in [0.05, 0.1) is 5.69 Å². The SMILES string of the molecule is Cc1c(NC(=O)OC(C)(C)C)csc1-c1ccc(Cl)cc1. The number of anilines is 1. The molecule has 0 spiro atoms. The Hall–Kier alpha value is -1.52. The van der Waals surface area contributed by atoms with Gasteiger partial charge >= 0.3 is 6.09 Å². The summed E-state index contributed by atoms with van der Waals surface area (Å²) < 4.78 is 5.26. The number of rotatable bonds is 2. The standard InChI is InChI=1S/C16H18ClNO2S/c1-10-13(18-15(19)20-16(2,3)4)9-21-14(10)11-5-7-12(17)8-6-11/h5-9H,1-4H3,(H,18,19). The molecule has 1 aromatic heterocycles. The number of hydrogen-bond donors (Lipinski definition) is 1. The number of carbonyl (C=O) groups is 1. The van der Waals surface area contributed by atoms with Crippen LogP contribution in [0.3, 0.4) is 0 Å². The van der Waals surface area contributed by atoms with Crippen LogP contribution in [0.15, 0.2) is 29.6 Å². The molecule has 1 amide bonds. The molecule has 3 nitrogen and oxygen atoms in total. The molecule has 0 unspecified atom stereocenters. The normalized spacial score (nSPS) is 11.3. The van der Waals surface area contributed by atoms with Crippen LogP contribution < -0.4 is 5.32 Å². The van der Waals surface area contributed by atoms with E-state index in [0.29, 0.717) is 5.02 Å². The lowest BCUT2D eigenvalue weighted by molar-refractivity contribution is 0.0636. The maximum atomic E-state index is 11.8. The van der Waals surface area contributed by atoms with Crippen LogP contribution in [-0.2, 0) is 4.74 Å². The summed E-state index contributed by atoms with van der Waals surface area (Å²) in [6.07, 6.45) is -0.439. The molecular weight excluding hydrogens is 306 g/mol. The van der Waals surface area contributed by atoms with Gasteiger partial charge in [0.15, 0.2) is 0 Å². The molecule has 112 valence electrons. The predicted molar refractivity (Wildman–Crippen MR) is 89.4 cm³/mol. The lowest BCUT2D eigenvalue weighted by Crippen LogP contribution is -2.27. The summed E-state index contributed by atoms with van der Waals surface area (Å²) in [5.74, 6) is 0. The fourth-order valence-electron chi connectivity index (χ4n) is 1.84. The molecule has 1 N–H and O–H groups in total. The average Bonchev–Trinajstić information content (AvgIpc) is 2.70. The molecule has 0 aliphatic heterocycles. The Morgan fingerprint density at radius 2 is 1.86 bits per heavy atom. The largest absolute Gasteiger partial charge is 0.444 e. The molecule has 1 heterocycles. The van der Waals surface area contributed by atoms with Crippen molar-refractivity contribution in [3.63, 3.8) is 0 Å². The van der Waals surface area contributed by atoms with E-state index in [1.807, 2.05) is 57.3 Å². The fourth-order valence-corrected chi connectivity index (χ4v) is 3.00. The molecule has 0 bridgehead atoms. The van der Waals surface area contributed by atoms with Gasteiger partial charge in [0.2, 0.25) is 0 Å². The number of hydrogen-bond acceptors (Lipinski definition) is 3. The summed E-state index contributed by atoms with van der Waals surface area (Å²) in [5.41, 5.74) is 2.37. The van der Waals surface area contributed by atoms with E-state index in [1.165, 1.54) is 0 Å². The van der Waals surface area contributed by atoms with Crippen LogP contribution in [0, 0.1) is 6.92 Å². The first-order valence-corrected chi connectivity index (χ1v) is 7.86. The Morgan fingerprint density at radius 3 is 2.43 bits per heavy atom. The van der Waals surface area contributed by atoms with Crippen LogP contribution in [0.25, 0.3) is 10.4 Å². The first-order valence-electron chi connectivity index (χ1n) is 6.60. The fraction of sp³-hybridized carbons (Fsp3) is 0.312. The number of amides is 1. The van der Waals surface area contributed by atoms with Crippen molar-refractivity contribution in [3.8, 4) is 10.4 Å². The van der Waals surface area contributed by atoms with Gasteiger partial charge in [-0.05, 0) is 51.0 Å². The van der Waals surface area contributed by atoms with Gasteiger partial charge in [-0.15, -0.1) is 11.3 Å². The van der Waals surface area contributed by atoms with Crippen LogP contribution in [-0.4, -0.2) is 11.7 Å². The number of benzene rings is 1. The Morgan fingerprint density at radius 1 is 1.24 bits per heavy atom. The minimum atomic E-state index is -0.507. The maximum absolute atomic E-state index is 11.8. The molecule has 0 saturated carbocycles. The van der Waals surface area contributed by atoms with E-state index >= 15 is 0 Å². The average molecular weight is 324 g/mol. The third-order valence-corrected chi connectivity index (χ3v) is 4.16. The van der Waals surface area contributed by atoms with Crippen LogP contribution in [0.1, 0.15) is 26.3 Å². The molecule has 2 aromatic rings. The highest BCUT2D eigenvalue weighted by Crippen LogP contribution is 2.35. The number of thiophene rings is 1. The van der Waals surface area contributed by atoms with E-state index in [9.17, 15) is 4.79 Å². The Balaban J connectivity index is 2.17. The molecule has 0 radical (unpaired) electrons. The van der Waals surface area contributed by atoms with Crippen molar-refractivity contribution in [3.05, 3.63) is 40.2 Å². The Labute approximate surface area is 133 Å². The van der Waals surface area contributed by atoms with E-state index < -0.39 is 11.7 Å². The van der Waals surface area contributed by atoms with Crippen molar-refractivity contribution < 1.29 is 9.53 Å². The maximum Gasteiger partial charge on any atom is 0.412 e. The topological polar surface area (TPSA) is 38.3 Å². The molecule has 1 aromatic carbocycles. The summed E-state index contributed by atoms with van der Waals surface area (Å²) in [4.78, 5) is 12.9. The third kappa shape index (κ3) is 4.22. The first-order chi connectivity index (χ1) is 9.76. The second-order valence-corrected chi connectivity index (χ2v) is 7.05. The lowest BCUT2D eigenvalue weighted by atomic mass is 10.1. The molecule has 5 heteroatoms. The molecule has 0 atom stereocenters. The third-order valence-electron chi connectivity index (χ3n) is 2.78. The molecule has 0 saturated heterocycles.